The minimum atomic E-state index is 0.0163. The molecule has 5 nitrogen and oxygen atoms in total. The first-order valence-electron chi connectivity index (χ1n) is 5.93. The molecule has 16 heavy (non-hydrogen) atoms. The second-order valence-electron chi connectivity index (χ2n) is 4.35. The van der Waals surface area contributed by atoms with Crippen molar-refractivity contribution in [1.29, 1.82) is 0 Å². The van der Waals surface area contributed by atoms with Gasteiger partial charge < -0.3 is 15.0 Å². The van der Waals surface area contributed by atoms with E-state index in [9.17, 15) is 0 Å². The highest BCUT2D eigenvalue weighted by molar-refractivity contribution is 4.99. The summed E-state index contributed by atoms with van der Waals surface area (Å²) in [4.78, 5) is 4.38. The van der Waals surface area contributed by atoms with E-state index in [4.69, 9.17) is 15.0 Å². The van der Waals surface area contributed by atoms with Crippen molar-refractivity contribution in [1.82, 2.24) is 10.1 Å². The summed E-state index contributed by atoms with van der Waals surface area (Å²) in [7, 11) is 0. The number of hydrogen-bond donors (Lipinski definition) is 1. The molecule has 0 saturated carbocycles. The van der Waals surface area contributed by atoms with Crippen molar-refractivity contribution in [2.45, 2.75) is 51.2 Å². The van der Waals surface area contributed by atoms with Gasteiger partial charge in [-0.15, -0.1) is 0 Å². The molecule has 1 aromatic heterocycles. The minimum Gasteiger partial charge on any atom is -0.370 e. The molecule has 90 valence electrons. The van der Waals surface area contributed by atoms with Crippen LogP contribution in [0.2, 0.25) is 0 Å². The Morgan fingerprint density at radius 1 is 1.56 bits per heavy atom. The maximum Gasteiger partial charge on any atom is 0.231 e. The number of hydrogen-bond acceptors (Lipinski definition) is 5. The predicted molar refractivity (Wildman–Crippen MR) is 58.9 cm³/mol. The highest BCUT2D eigenvalue weighted by Crippen LogP contribution is 2.27. The Hall–Kier alpha value is -0.940. The molecule has 1 aliphatic rings. The van der Waals surface area contributed by atoms with Gasteiger partial charge >= 0.3 is 0 Å². The van der Waals surface area contributed by atoms with E-state index in [2.05, 4.69) is 17.1 Å². The quantitative estimate of drug-likeness (QED) is 0.845. The number of nitrogens with two attached hydrogens (primary N) is 1. The van der Waals surface area contributed by atoms with Gasteiger partial charge in [0.1, 0.15) is 6.10 Å². The molecule has 1 fully saturated rings. The number of nitrogens with zero attached hydrogens (tertiary/aromatic N) is 2. The van der Waals surface area contributed by atoms with Gasteiger partial charge in [-0.3, -0.25) is 0 Å². The summed E-state index contributed by atoms with van der Waals surface area (Å²) in [6.07, 6.45) is 2.97. The van der Waals surface area contributed by atoms with Crippen molar-refractivity contribution < 1.29 is 9.26 Å². The lowest BCUT2D eigenvalue weighted by Crippen LogP contribution is -2.25. The Morgan fingerprint density at radius 2 is 2.38 bits per heavy atom. The molecular weight excluding hydrogens is 206 g/mol. The summed E-state index contributed by atoms with van der Waals surface area (Å²) in [5, 5.41) is 3.97. The van der Waals surface area contributed by atoms with E-state index in [0.717, 1.165) is 25.9 Å². The van der Waals surface area contributed by atoms with Gasteiger partial charge in [0.2, 0.25) is 11.7 Å². The molecular formula is C11H19N3O2. The van der Waals surface area contributed by atoms with Crippen molar-refractivity contribution in [3.63, 3.8) is 0 Å². The molecule has 1 saturated heterocycles. The van der Waals surface area contributed by atoms with E-state index in [-0.39, 0.29) is 18.1 Å². The fourth-order valence-corrected chi connectivity index (χ4v) is 1.88. The van der Waals surface area contributed by atoms with Gasteiger partial charge in [-0.1, -0.05) is 19.0 Å². The molecule has 0 radical (unpaired) electrons. The van der Waals surface area contributed by atoms with E-state index in [1.54, 1.807) is 0 Å². The normalized spacial score (nSPS) is 24.6. The van der Waals surface area contributed by atoms with Crippen LogP contribution in [0.25, 0.3) is 0 Å². The zero-order valence-corrected chi connectivity index (χ0v) is 9.85. The lowest BCUT2D eigenvalue weighted by molar-refractivity contribution is 0.103. The van der Waals surface area contributed by atoms with Gasteiger partial charge in [0.05, 0.1) is 5.92 Å². The van der Waals surface area contributed by atoms with Crippen LogP contribution in [-0.4, -0.2) is 22.8 Å². The summed E-state index contributed by atoms with van der Waals surface area (Å²) in [5.74, 6) is 1.40. The molecule has 0 aliphatic carbocycles. The number of rotatable bonds is 4. The number of aromatic nitrogens is 2. The minimum absolute atomic E-state index is 0.0163. The average Bonchev–Trinajstić information content (AvgIpc) is 2.96. The molecule has 2 rings (SSSR count). The lowest BCUT2D eigenvalue weighted by atomic mass is 10.0. The van der Waals surface area contributed by atoms with Crippen LogP contribution in [0.5, 0.6) is 0 Å². The Balaban J connectivity index is 2.06. The highest BCUT2D eigenvalue weighted by atomic mass is 16.5. The van der Waals surface area contributed by atoms with Gasteiger partial charge in [-0.05, 0) is 19.3 Å². The molecule has 0 spiro atoms. The van der Waals surface area contributed by atoms with Crippen LogP contribution in [0, 0.1) is 0 Å². The molecule has 3 atom stereocenters. The Labute approximate surface area is 95.3 Å². The molecule has 0 amide bonds. The van der Waals surface area contributed by atoms with E-state index in [1.807, 2.05) is 6.92 Å². The van der Waals surface area contributed by atoms with Crippen molar-refractivity contribution >= 4 is 0 Å². The fourth-order valence-electron chi connectivity index (χ4n) is 1.88. The smallest absolute Gasteiger partial charge is 0.231 e. The van der Waals surface area contributed by atoms with Gasteiger partial charge in [0, 0.05) is 12.6 Å². The first kappa shape index (κ1) is 11.5. The van der Waals surface area contributed by atoms with Crippen LogP contribution in [0.1, 0.15) is 56.8 Å². The molecule has 0 bridgehead atoms. The van der Waals surface area contributed by atoms with Crippen molar-refractivity contribution in [2.24, 2.45) is 5.73 Å². The SMILES string of the molecule is CCC(N)C(C)c1nc(C2CCCO2)no1. The third-order valence-corrected chi connectivity index (χ3v) is 3.18. The first-order valence-corrected chi connectivity index (χ1v) is 5.93. The van der Waals surface area contributed by atoms with Crippen LogP contribution < -0.4 is 5.73 Å². The topological polar surface area (TPSA) is 74.2 Å². The maximum absolute atomic E-state index is 5.95. The monoisotopic (exact) mass is 225 g/mol. The summed E-state index contributed by atoms with van der Waals surface area (Å²) >= 11 is 0. The third-order valence-electron chi connectivity index (χ3n) is 3.18. The standard InChI is InChI=1S/C11H19N3O2/c1-3-8(12)7(2)11-13-10(14-16-11)9-5-4-6-15-9/h7-9H,3-6,12H2,1-2H3. The first-order chi connectivity index (χ1) is 7.72. The molecule has 5 heteroatoms. The van der Waals surface area contributed by atoms with Gasteiger partial charge in [0.25, 0.3) is 0 Å². The van der Waals surface area contributed by atoms with Crippen LogP contribution in [0.15, 0.2) is 4.52 Å². The highest BCUT2D eigenvalue weighted by Gasteiger charge is 2.26. The van der Waals surface area contributed by atoms with E-state index < -0.39 is 0 Å². The molecule has 2 N–H and O–H groups in total. The largest absolute Gasteiger partial charge is 0.370 e. The summed E-state index contributed by atoms with van der Waals surface area (Å²) < 4.78 is 10.7. The second-order valence-corrected chi connectivity index (χ2v) is 4.35. The molecule has 2 heterocycles. The summed E-state index contributed by atoms with van der Waals surface area (Å²) in [5.41, 5.74) is 5.95. The Morgan fingerprint density at radius 3 is 3.00 bits per heavy atom. The Kier molecular flexibility index (Phi) is 3.56. The van der Waals surface area contributed by atoms with Gasteiger partial charge in [0.15, 0.2) is 0 Å². The van der Waals surface area contributed by atoms with Crippen LogP contribution in [0.3, 0.4) is 0 Å². The molecule has 1 aliphatic heterocycles. The van der Waals surface area contributed by atoms with Crippen LogP contribution >= 0.6 is 0 Å². The number of ether oxygens (including phenoxy) is 1. The van der Waals surface area contributed by atoms with Crippen LogP contribution in [0.4, 0.5) is 0 Å². The van der Waals surface area contributed by atoms with Gasteiger partial charge in [-0.2, -0.15) is 4.98 Å². The molecule has 0 aromatic carbocycles. The maximum atomic E-state index is 5.95. The van der Waals surface area contributed by atoms with Crippen molar-refractivity contribution in [3.8, 4) is 0 Å². The fraction of sp³-hybridized carbons (Fsp3) is 0.818. The summed E-state index contributed by atoms with van der Waals surface area (Å²) in [6, 6.07) is 0.0674. The molecule has 3 unspecified atom stereocenters. The van der Waals surface area contributed by atoms with E-state index in [1.165, 1.54) is 0 Å². The average molecular weight is 225 g/mol. The zero-order chi connectivity index (χ0) is 11.5. The Bertz CT molecular complexity index is 334. The zero-order valence-electron chi connectivity index (χ0n) is 9.85. The van der Waals surface area contributed by atoms with E-state index >= 15 is 0 Å². The molecule has 1 aromatic rings. The summed E-state index contributed by atoms with van der Waals surface area (Å²) in [6.45, 7) is 4.86. The lowest BCUT2D eigenvalue weighted by Gasteiger charge is -2.13. The van der Waals surface area contributed by atoms with Crippen molar-refractivity contribution in [3.05, 3.63) is 11.7 Å². The predicted octanol–water partition coefficient (Wildman–Crippen LogP) is 1.76. The van der Waals surface area contributed by atoms with Gasteiger partial charge in [-0.25, -0.2) is 0 Å². The van der Waals surface area contributed by atoms with E-state index in [0.29, 0.717) is 11.7 Å². The van der Waals surface area contributed by atoms with Crippen LogP contribution in [-0.2, 0) is 4.74 Å². The second kappa shape index (κ2) is 4.93. The van der Waals surface area contributed by atoms with Crippen molar-refractivity contribution in [2.75, 3.05) is 6.61 Å². The third kappa shape index (κ3) is 2.25.